The third-order valence-electron chi connectivity index (χ3n) is 4.67. The molecule has 0 aliphatic rings. The smallest absolute Gasteiger partial charge is 0.339 e. The Balaban J connectivity index is 1.63. The molecule has 0 saturated heterocycles. The number of nitrogens with zero attached hydrogens (tertiary/aromatic N) is 6. The number of aromatic amines is 1. The number of H-pyrrole nitrogens is 1. The second kappa shape index (κ2) is 6.51. The predicted molar refractivity (Wildman–Crippen MR) is 102 cm³/mol. The lowest BCUT2D eigenvalue weighted by Crippen LogP contribution is -2.09. The summed E-state index contributed by atoms with van der Waals surface area (Å²) in [6.07, 6.45) is 6.40. The maximum absolute atomic E-state index is 13.9. The van der Waals surface area contributed by atoms with Gasteiger partial charge in [0.25, 0.3) is 0 Å². The molecule has 0 unspecified atom stereocenters. The first kappa shape index (κ1) is 17.0. The fourth-order valence-corrected chi connectivity index (χ4v) is 3.31. The average molecular weight is 391 g/mol. The monoisotopic (exact) mass is 391 g/mol. The summed E-state index contributed by atoms with van der Waals surface area (Å²) in [5, 5.41) is 18.8. The number of carbonyl (C=O) groups is 1. The molecule has 0 spiro atoms. The fraction of sp³-hybridized carbons (Fsp3) is 0.105. The van der Waals surface area contributed by atoms with Crippen molar-refractivity contribution in [1.29, 1.82) is 0 Å². The lowest BCUT2D eigenvalue weighted by atomic mass is 10.1. The quantitative estimate of drug-likeness (QED) is 0.476. The lowest BCUT2D eigenvalue weighted by Gasteiger charge is -2.04. The van der Waals surface area contributed by atoms with Gasteiger partial charge in [0.2, 0.25) is 0 Å². The fourth-order valence-electron chi connectivity index (χ4n) is 3.31. The van der Waals surface area contributed by atoms with Crippen LogP contribution in [0.5, 0.6) is 0 Å². The highest BCUT2D eigenvalue weighted by Crippen LogP contribution is 2.28. The highest BCUT2D eigenvalue weighted by atomic mass is 19.1. The number of carboxylic acids is 1. The molecule has 0 saturated carbocycles. The van der Waals surface area contributed by atoms with E-state index >= 15 is 0 Å². The van der Waals surface area contributed by atoms with Gasteiger partial charge in [-0.05, 0) is 24.3 Å². The van der Waals surface area contributed by atoms with E-state index in [0.717, 1.165) is 0 Å². The van der Waals surface area contributed by atoms with E-state index in [0.29, 0.717) is 41.0 Å². The van der Waals surface area contributed by atoms with Gasteiger partial charge < -0.3 is 10.1 Å². The number of aromatic nitrogens is 7. The van der Waals surface area contributed by atoms with Crippen LogP contribution in [0.25, 0.3) is 33.5 Å². The lowest BCUT2D eigenvalue weighted by molar-refractivity contribution is 0.0699. The molecule has 0 radical (unpaired) electrons. The van der Waals surface area contributed by atoms with Crippen LogP contribution >= 0.6 is 0 Å². The van der Waals surface area contributed by atoms with E-state index in [4.69, 9.17) is 0 Å². The number of aryl methyl sites for hydroxylation is 2. The molecule has 4 heterocycles. The molecule has 29 heavy (non-hydrogen) atoms. The molecule has 0 atom stereocenters. The van der Waals surface area contributed by atoms with E-state index in [1.165, 1.54) is 24.5 Å². The Hall–Kier alpha value is -4.08. The molecule has 5 aromatic rings. The molecule has 0 aliphatic carbocycles. The molecule has 0 bridgehead atoms. The Kier molecular flexibility index (Phi) is 3.83. The summed E-state index contributed by atoms with van der Waals surface area (Å²) in [5.41, 5.74) is 2.18. The van der Waals surface area contributed by atoms with Crippen molar-refractivity contribution in [3.05, 3.63) is 60.4 Å². The van der Waals surface area contributed by atoms with Crippen LogP contribution < -0.4 is 0 Å². The van der Waals surface area contributed by atoms with Crippen LogP contribution in [0.15, 0.2) is 49.1 Å². The van der Waals surface area contributed by atoms with Gasteiger partial charge in [-0.3, -0.25) is 9.36 Å². The van der Waals surface area contributed by atoms with Gasteiger partial charge in [0, 0.05) is 24.0 Å². The highest BCUT2D eigenvalue weighted by Gasteiger charge is 2.18. The first-order chi connectivity index (χ1) is 14.1. The molecule has 144 valence electrons. The maximum atomic E-state index is 13.9. The molecule has 10 heteroatoms. The number of carboxylic acid groups (broad SMARTS) is 1. The van der Waals surface area contributed by atoms with Crippen molar-refractivity contribution in [1.82, 2.24) is 34.5 Å². The Morgan fingerprint density at radius 3 is 2.97 bits per heavy atom. The van der Waals surface area contributed by atoms with Gasteiger partial charge in [-0.1, -0.05) is 0 Å². The highest BCUT2D eigenvalue weighted by molar-refractivity contribution is 6.01. The topological polar surface area (TPSA) is 115 Å². The van der Waals surface area contributed by atoms with Crippen LogP contribution in [0.1, 0.15) is 10.4 Å². The first-order valence-electron chi connectivity index (χ1n) is 8.81. The van der Waals surface area contributed by atoms with Gasteiger partial charge in [-0.2, -0.15) is 10.2 Å². The van der Waals surface area contributed by atoms with E-state index in [2.05, 4.69) is 25.1 Å². The SMILES string of the molecule is O=C(O)c1c[nH]c2ncc(-c3nn(CCn4cccn4)c4cc(F)ccc34)nc12. The van der Waals surface area contributed by atoms with E-state index in [1.807, 2.05) is 12.3 Å². The Morgan fingerprint density at radius 1 is 1.28 bits per heavy atom. The molecule has 4 aromatic heterocycles. The number of halogens is 1. The molecular formula is C19H14FN7O2. The summed E-state index contributed by atoms with van der Waals surface area (Å²) in [7, 11) is 0. The molecular weight excluding hydrogens is 377 g/mol. The zero-order valence-electron chi connectivity index (χ0n) is 14.9. The van der Waals surface area contributed by atoms with Crippen LogP contribution in [0, 0.1) is 5.82 Å². The normalized spacial score (nSPS) is 11.5. The van der Waals surface area contributed by atoms with Gasteiger partial charge in [-0.25, -0.2) is 19.2 Å². The third kappa shape index (κ3) is 2.90. The van der Waals surface area contributed by atoms with Gasteiger partial charge in [-0.15, -0.1) is 0 Å². The van der Waals surface area contributed by atoms with Crippen molar-refractivity contribution in [3.8, 4) is 11.4 Å². The molecule has 2 N–H and O–H groups in total. The Labute approximate surface area is 162 Å². The van der Waals surface area contributed by atoms with Gasteiger partial charge in [0.05, 0.1) is 24.8 Å². The van der Waals surface area contributed by atoms with Crippen LogP contribution in [-0.2, 0) is 13.1 Å². The van der Waals surface area contributed by atoms with Crippen molar-refractivity contribution < 1.29 is 14.3 Å². The number of benzene rings is 1. The summed E-state index contributed by atoms with van der Waals surface area (Å²) < 4.78 is 17.3. The van der Waals surface area contributed by atoms with Crippen LogP contribution in [0.4, 0.5) is 4.39 Å². The second-order valence-electron chi connectivity index (χ2n) is 6.46. The molecule has 1 aromatic carbocycles. The summed E-state index contributed by atoms with van der Waals surface area (Å²) in [6.45, 7) is 1.03. The number of aromatic carboxylic acids is 1. The molecule has 5 rings (SSSR count). The minimum Gasteiger partial charge on any atom is -0.478 e. The molecule has 0 amide bonds. The van der Waals surface area contributed by atoms with E-state index in [-0.39, 0.29) is 16.9 Å². The van der Waals surface area contributed by atoms with Gasteiger partial charge >= 0.3 is 5.97 Å². The largest absolute Gasteiger partial charge is 0.478 e. The molecule has 0 aliphatic heterocycles. The Morgan fingerprint density at radius 2 is 2.17 bits per heavy atom. The zero-order valence-corrected chi connectivity index (χ0v) is 14.9. The van der Waals surface area contributed by atoms with Crippen molar-refractivity contribution >= 4 is 28.0 Å². The van der Waals surface area contributed by atoms with Crippen LogP contribution in [0.2, 0.25) is 0 Å². The number of hydrogen-bond donors (Lipinski definition) is 2. The van der Waals surface area contributed by atoms with Crippen LogP contribution in [0.3, 0.4) is 0 Å². The van der Waals surface area contributed by atoms with Gasteiger partial charge in [0.1, 0.15) is 28.3 Å². The molecule has 9 nitrogen and oxygen atoms in total. The number of fused-ring (bicyclic) bond motifs is 2. The zero-order chi connectivity index (χ0) is 20.0. The van der Waals surface area contributed by atoms with Gasteiger partial charge in [0.15, 0.2) is 5.65 Å². The van der Waals surface area contributed by atoms with E-state index in [1.54, 1.807) is 21.6 Å². The number of nitrogens with one attached hydrogen (secondary N) is 1. The van der Waals surface area contributed by atoms with E-state index in [9.17, 15) is 14.3 Å². The van der Waals surface area contributed by atoms with Crippen LogP contribution in [-0.4, -0.2) is 45.6 Å². The summed E-state index contributed by atoms with van der Waals surface area (Å²) in [6, 6.07) is 6.24. The maximum Gasteiger partial charge on any atom is 0.339 e. The minimum atomic E-state index is -1.10. The van der Waals surface area contributed by atoms with Crippen molar-refractivity contribution in [2.75, 3.05) is 0 Å². The predicted octanol–water partition coefficient (Wildman–Crippen LogP) is 2.71. The Bertz CT molecular complexity index is 1350. The average Bonchev–Trinajstić information content (AvgIpc) is 3.44. The molecule has 0 fully saturated rings. The minimum absolute atomic E-state index is 0.0304. The summed E-state index contributed by atoms with van der Waals surface area (Å²) in [4.78, 5) is 22.9. The standard InChI is InChI=1S/C19H14FN7O2/c20-11-2-3-12-15(8-11)27(7-6-26-5-1-4-23-26)25-16(12)14-10-22-18-17(24-14)13(9-21-18)19(28)29/h1-5,8-10H,6-7H2,(H,21,22)(H,28,29). The first-order valence-corrected chi connectivity index (χ1v) is 8.81. The van der Waals surface area contributed by atoms with Crippen molar-refractivity contribution in [3.63, 3.8) is 0 Å². The summed E-state index contributed by atoms with van der Waals surface area (Å²) >= 11 is 0. The number of hydrogen-bond acceptors (Lipinski definition) is 5. The van der Waals surface area contributed by atoms with E-state index < -0.39 is 5.97 Å². The number of rotatable bonds is 5. The third-order valence-corrected chi connectivity index (χ3v) is 4.67. The van der Waals surface area contributed by atoms with Crippen molar-refractivity contribution in [2.24, 2.45) is 0 Å². The second-order valence-corrected chi connectivity index (χ2v) is 6.46. The summed E-state index contributed by atoms with van der Waals surface area (Å²) in [5.74, 6) is -1.47. The van der Waals surface area contributed by atoms with Crippen molar-refractivity contribution in [2.45, 2.75) is 13.1 Å².